The average molecular weight is 276 g/mol. The fourth-order valence-electron chi connectivity index (χ4n) is 2.36. The molecule has 2 nitrogen and oxygen atoms in total. The van der Waals surface area contributed by atoms with Crippen LogP contribution in [-0.2, 0) is 4.79 Å². The van der Waals surface area contributed by atoms with E-state index in [0.717, 1.165) is 11.8 Å². The Bertz CT molecular complexity index is 228. The Morgan fingerprint density at radius 3 is 2.73 bits per heavy atom. The van der Waals surface area contributed by atoms with Crippen LogP contribution < -0.4 is 5.32 Å². The number of nitrogens with one attached hydrogen (secondary N) is 1. The van der Waals surface area contributed by atoms with Gasteiger partial charge in [-0.05, 0) is 25.2 Å². The molecule has 0 aromatic carbocycles. The van der Waals surface area contributed by atoms with E-state index in [2.05, 4.69) is 35.1 Å². The summed E-state index contributed by atoms with van der Waals surface area (Å²) >= 11 is 3.38. The fraction of sp³-hybridized carbons (Fsp3) is 0.917. The number of carbonyl (C=O) groups excluding carboxylic acids is 1. The maximum Gasteiger partial charge on any atom is 0.223 e. The first-order chi connectivity index (χ1) is 6.97. The summed E-state index contributed by atoms with van der Waals surface area (Å²) in [6, 6.07) is 0.232. The van der Waals surface area contributed by atoms with Crippen LogP contribution in [0.1, 0.15) is 46.5 Å². The van der Waals surface area contributed by atoms with Crippen molar-refractivity contribution in [2.24, 2.45) is 11.3 Å². The lowest BCUT2D eigenvalue weighted by atomic mass is 9.68. The van der Waals surface area contributed by atoms with Crippen molar-refractivity contribution in [2.75, 3.05) is 5.33 Å². The lowest BCUT2D eigenvalue weighted by molar-refractivity contribution is -0.130. The Labute approximate surface area is 101 Å². The summed E-state index contributed by atoms with van der Waals surface area (Å²) in [6.07, 6.45) is 4.69. The van der Waals surface area contributed by atoms with E-state index in [0.29, 0.717) is 0 Å². The molecule has 15 heavy (non-hydrogen) atoms. The largest absolute Gasteiger partial charge is 0.353 e. The van der Waals surface area contributed by atoms with Gasteiger partial charge in [-0.25, -0.2) is 0 Å². The summed E-state index contributed by atoms with van der Waals surface area (Å²) in [7, 11) is 0. The predicted octanol–water partition coefficient (Wildman–Crippen LogP) is 3.10. The third-order valence-corrected chi connectivity index (χ3v) is 4.42. The molecule has 1 amide bonds. The van der Waals surface area contributed by atoms with Crippen LogP contribution in [0.25, 0.3) is 0 Å². The Kier molecular flexibility index (Phi) is 4.63. The minimum Gasteiger partial charge on any atom is -0.353 e. The minimum absolute atomic E-state index is 0.175. The van der Waals surface area contributed by atoms with Crippen LogP contribution in [0.3, 0.4) is 0 Å². The topological polar surface area (TPSA) is 29.1 Å². The molecule has 88 valence electrons. The third kappa shape index (κ3) is 3.47. The smallest absolute Gasteiger partial charge is 0.223 e. The highest BCUT2D eigenvalue weighted by Crippen LogP contribution is 2.40. The lowest BCUT2D eigenvalue weighted by Gasteiger charge is -2.37. The van der Waals surface area contributed by atoms with E-state index < -0.39 is 0 Å². The summed E-state index contributed by atoms with van der Waals surface area (Å²) in [6.45, 7) is 6.47. The van der Waals surface area contributed by atoms with E-state index >= 15 is 0 Å². The zero-order valence-electron chi connectivity index (χ0n) is 9.98. The van der Waals surface area contributed by atoms with Gasteiger partial charge in [0, 0.05) is 17.3 Å². The summed E-state index contributed by atoms with van der Waals surface area (Å²) < 4.78 is 0. The Morgan fingerprint density at radius 2 is 2.20 bits per heavy atom. The first-order valence-electron chi connectivity index (χ1n) is 5.83. The highest BCUT2D eigenvalue weighted by Gasteiger charge is 2.37. The van der Waals surface area contributed by atoms with Crippen LogP contribution in [0.4, 0.5) is 0 Å². The van der Waals surface area contributed by atoms with E-state index in [1.165, 1.54) is 19.3 Å². The second kappa shape index (κ2) is 5.33. The molecule has 1 N–H and O–H groups in total. The number of rotatable bonds is 3. The predicted molar refractivity (Wildman–Crippen MR) is 67.1 cm³/mol. The average Bonchev–Trinajstić information content (AvgIpc) is 2.16. The van der Waals surface area contributed by atoms with Gasteiger partial charge < -0.3 is 5.32 Å². The third-order valence-electron chi connectivity index (χ3n) is 3.44. The molecule has 0 aliphatic heterocycles. The van der Waals surface area contributed by atoms with Gasteiger partial charge in [-0.1, -0.05) is 42.6 Å². The second-order valence-electron chi connectivity index (χ2n) is 5.35. The molecule has 3 heteroatoms. The summed E-state index contributed by atoms with van der Waals surface area (Å²) in [5.41, 5.74) is 0.175. The molecule has 0 radical (unpaired) electrons. The molecule has 1 aliphatic rings. The highest BCUT2D eigenvalue weighted by molar-refractivity contribution is 9.09. The monoisotopic (exact) mass is 275 g/mol. The summed E-state index contributed by atoms with van der Waals surface area (Å²) in [5, 5.41) is 3.89. The van der Waals surface area contributed by atoms with Crippen molar-refractivity contribution in [3.05, 3.63) is 0 Å². The molecule has 0 spiro atoms. The van der Waals surface area contributed by atoms with Gasteiger partial charge in [0.2, 0.25) is 5.91 Å². The molecule has 2 unspecified atom stereocenters. The second-order valence-corrected chi connectivity index (χ2v) is 6.00. The van der Waals surface area contributed by atoms with Crippen LogP contribution in [0, 0.1) is 11.3 Å². The number of halogens is 1. The fourth-order valence-corrected chi connectivity index (χ4v) is 2.52. The van der Waals surface area contributed by atoms with Gasteiger partial charge >= 0.3 is 0 Å². The number of hydrogen-bond donors (Lipinski definition) is 1. The molecule has 0 heterocycles. The molecule has 0 bridgehead atoms. The zero-order chi connectivity index (χ0) is 11.5. The van der Waals surface area contributed by atoms with Crippen LogP contribution in [0.2, 0.25) is 0 Å². The van der Waals surface area contributed by atoms with Crippen LogP contribution in [-0.4, -0.2) is 17.3 Å². The van der Waals surface area contributed by atoms with E-state index in [4.69, 9.17) is 0 Å². The summed E-state index contributed by atoms with van der Waals surface area (Å²) in [4.78, 5) is 12.1. The molecular weight excluding hydrogens is 254 g/mol. The molecular formula is C12H22BrNO. The Hall–Kier alpha value is -0.0500. The maximum atomic E-state index is 12.1. The first-order valence-corrected chi connectivity index (χ1v) is 6.96. The molecule has 0 aromatic rings. The zero-order valence-corrected chi connectivity index (χ0v) is 11.6. The number of amides is 1. The van der Waals surface area contributed by atoms with E-state index in [1.807, 2.05) is 6.92 Å². The molecule has 2 atom stereocenters. The maximum absolute atomic E-state index is 12.1. The number of hydrogen-bond acceptors (Lipinski definition) is 1. The minimum atomic E-state index is 0.175. The molecule has 1 aliphatic carbocycles. The Morgan fingerprint density at radius 1 is 1.53 bits per heavy atom. The van der Waals surface area contributed by atoms with Crippen molar-refractivity contribution >= 4 is 21.8 Å². The van der Waals surface area contributed by atoms with Gasteiger partial charge in [-0.15, -0.1) is 0 Å². The SMILES string of the molecule is CC(CBr)NC(=O)C1CCCCC1(C)C. The van der Waals surface area contributed by atoms with Crippen molar-refractivity contribution in [1.29, 1.82) is 0 Å². The standard InChI is InChI=1S/C12H22BrNO/c1-9(8-13)14-11(15)10-6-4-5-7-12(10,2)3/h9-10H,4-8H2,1-3H3,(H,14,15). The van der Waals surface area contributed by atoms with Gasteiger partial charge in [0.1, 0.15) is 0 Å². The van der Waals surface area contributed by atoms with Gasteiger partial charge in [0.25, 0.3) is 0 Å². The van der Waals surface area contributed by atoms with Gasteiger partial charge in [-0.2, -0.15) is 0 Å². The van der Waals surface area contributed by atoms with Crippen molar-refractivity contribution in [3.8, 4) is 0 Å². The summed E-state index contributed by atoms with van der Waals surface area (Å²) in [5.74, 6) is 0.444. The molecule has 1 fully saturated rings. The highest BCUT2D eigenvalue weighted by atomic mass is 79.9. The van der Waals surface area contributed by atoms with Crippen molar-refractivity contribution in [1.82, 2.24) is 5.32 Å². The van der Waals surface area contributed by atoms with Crippen LogP contribution >= 0.6 is 15.9 Å². The lowest BCUT2D eigenvalue weighted by Crippen LogP contribution is -2.44. The van der Waals surface area contributed by atoms with Crippen LogP contribution in [0.5, 0.6) is 0 Å². The van der Waals surface area contributed by atoms with Gasteiger partial charge in [0.15, 0.2) is 0 Å². The normalized spacial score (nSPS) is 27.1. The van der Waals surface area contributed by atoms with Crippen molar-refractivity contribution in [2.45, 2.75) is 52.5 Å². The van der Waals surface area contributed by atoms with E-state index in [9.17, 15) is 4.79 Å². The van der Waals surface area contributed by atoms with Gasteiger partial charge in [0.05, 0.1) is 0 Å². The molecule has 0 aromatic heterocycles. The van der Waals surface area contributed by atoms with Crippen molar-refractivity contribution in [3.63, 3.8) is 0 Å². The molecule has 1 rings (SSSR count). The number of carbonyl (C=O) groups is 1. The van der Waals surface area contributed by atoms with Gasteiger partial charge in [-0.3, -0.25) is 4.79 Å². The van der Waals surface area contributed by atoms with Crippen LogP contribution in [0.15, 0.2) is 0 Å². The van der Waals surface area contributed by atoms with Crippen molar-refractivity contribution < 1.29 is 4.79 Å². The number of alkyl halides is 1. The van der Waals surface area contributed by atoms with E-state index in [-0.39, 0.29) is 23.3 Å². The Balaban J connectivity index is 2.57. The molecule has 0 saturated heterocycles. The quantitative estimate of drug-likeness (QED) is 0.788. The first kappa shape index (κ1) is 13.0. The molecule has 1 saturated carbocycles. The van der Waals surface area contributed by atoms with E-state index in [1.54, 1.807) is 0 Å².